The molecule has 7 heteroatoms. The van der Waals surface area contributed by atoms with E-state index < -0.39 is 0 Å². The molecule has 0 atom stereocenters. The van der Waals surface area contributed by atoms with Crippen LogP contribution in [-0.2, 0) is 11.3 Å². The summed E-state index contributed by atoms with van der Waals surface area (Å²) in [5.74, 6) is -0.208. The average molecular weight is 463 g/mol. The van der Waals surface area contributed by atoms with Gasteiger partial charge in [-0.15, -0.1) is 0 Å². The summed E-state index contributed by atoms with van der Waals surface area (Å²) < 4.78 is 2.00. The van der Waals surface area contributed by atoms with Crippen molar-refractivity contribution in [1.29, 1.82) is 0 Å². The zero-order chi connectivity index (χ0) is 22.3. The minimum absolute atomic E-state index is 0.208. The van der Waals surface area contributed by atoms with Crippen LogP contribution in [0.25, 0.3) is 22.5 Å². The van der Waals surface area contributed by atoms with Crippen LogP contribution in [0.2, 0.25) is 10.0 Å². The summed E-state index contributed by atoms with van der Waals surface area (Å²) in [5.41, 5.74) is 7.14. The summed E-state index contributed by atoms with van der Waals surface area (Å²) in [7, 11) is 0. The van der Waals surface area contributed by atoms with E-state index in [1.54, 1.807) is 24.5 Å². The molecular formula is C25H20Cl2N4O. The summed E-state index contributed by atoms with van der Waals surface area (Å²) in [6, 6.07) is 25.1. The molecule has 4 rings (SSSR count). The minimum Gasteiger partial charge on any atom is -0.330 e. The average Bonchev–Trinajstić information content (AvgIpc) is 3.24. The first kappa shape index (κ1) is 21.8. The summed E-state index contributed by atoms with van der Waals surface area (Å²) in [5, 5.41) is 5.01. The Balaban J connectivity index is 1.48. The molecule has 0 saturated carbocycles. The smallest absolute Gasteiger partial charge is 0.241 e. The molecule has 0 aliphatic heterocycles. The Kier molecular flexibility index (Phi) is 7.00. The van der Waals surface area contributed by atoms with E-state index in [-0.39, 0.29) is 12.3 Å². The van der Waals surface area contributed by atoms with Crippen molar-refractivity contribution in [1.82, 2.24) is 15.0 Å². The Morgan fingerprint density at radius 2 is 1.66 bits per heavy atom. The highest BCUT2D eigenvalue weighted by Gasteiger charge is 2.15. The molecule has 5 nitrogen and oxygen atoms in total. The van der Waals surface area contributed by atoms with Crippen LogP contribution >= 0.6 is 23.2 Å². The molecule has 1 heterocycles. The van der Waals surface area contributed by atoms with Crippen molar-refractivity contribution in [2.75, 3.05) is 0 Å². The number of aryl methyl sites for hydroxylation is 1. The number of carbonyl (C=O) groups excluding carboxylic acids is 1. The van der Waals surface area contributed by atoms with E-state index in [1.807, 2.05) is 65.2 Å². The van der Waals surface area contributed by atoms with Gasteiger partial charge in [0.1, 0.15) is 0 Å². The Hall–Kier alpha value is -3.41. The highest BCUT2D eigenvalue weighted by molar-refractivity contribution is 6.36. The van der Waals surface area contributed by atoms with Gasteiger partial charge in [0.05, 0.1) is 29.0 Å². The van der Waals surface area contributed by atoms with E-state index in [2.05, 4.69) is 15.5 Å². The number of aromatic nitrogens is 2. The maximum Gasteiger partial charge on any atom is 0.241 e. The van der Waals surface area contributed by atoms with Crippen molar-refractivity contribution in [3.63, 3.8) is 0 Å². The van der Waals surface area contributed by atoms with Crippen molar-refractivity contribution >= 4 is 35.3 Å². The van der Waals surface area contributed by atoms with Gasteiger partial charge < -0.3 is 4.57 Å². The van der Waals surface area contributed by atoms with Gasteiger partial charge in [0, 0.05) is 34.7 Å². The molecule has 0 saturated heterocycles. The van der Waals surface area contributed by atoms with Gasteiger partial charge in [-0.05, 0) is 12.1 Å². The SMILES string of the molecule is O=C(CCn1cnc(-c2ccccc2)c1-c1ccccc1)N/N=C/c1ccc(Cl)cc1Cl. The Labute approximate surface area is 196 Å². The third kappa shape index (κ3) is 5.25. The molecule has 1 N–H and O–H groups in total. The number of rotatable bonds is 7. The van der Waals surface area contributed by atoms with Gasteiger partial charge in [-0.1, -0.05) is 89.9 Å². The molecule has 0 fully saturated rings. The molecule has 0 aliphatic rings. The van der Waals surface area contributed by atoms with E-state index in [0.29, 0.717) is 22.2 Å². The number of halogens is 2. The number of imidazole rings is 1. The van der Waals surface area contributed by atoms with Gasteiger partial charge >= 0.3 is 0 Å². The van der Waals surface area contributed by atoms with Crippen LogP contribution in [-0.4, -0.2) is 21.7 Å². The first-order valence-corrected chi connectivity index (χ1v) is 10.8. The van der Waals surface area contributed by atoms with E-state index in [9.17, 15) is 4.79 Å². The van der Waals surface area contributed by atoms with E-state index in [1.165, 1.54) is 6.21 Å². The zero-order valence-electron chi connectivity index (χ0n) is 17.1. The van der Waals surface area contributed by atoms with Crippen LogP contribution in [0.1, 0.15) is 12.0 Å². The maximum absolute atomic E-state index is 12.4. The van der Waals surface area contributed by atoms with Gasteiger partial charge in [0.2, 0.25) is 5.91 Å². The van der Waals surface area contributed by atoms with E-state index >= 15 is 0 Å². The Morgan fingerprint density at radius 1 is 0.969 bits per heavy atom. The number of amides is 1. The summed E-state index contributed by atoms with van der Waals surface area (Å²) in [6.45, 7) is 0.465. The molecule has 0 bridgehead atoms. The molecular weight excluding hydrogens is 443 g/mol. The van der Waals surface area contributed by atoms with Crippen molar-refractivity contribution in [3.05, 3.63) is 101 Å². The molecule has 32 heavy (non-hydrogen) atoms. The fraction of sp³-hybridized carbons (Fsp3) is 0.0800. The van der Waals surface area contributed by atoms with Crippen LogP contribution in [0, 0.1) is 0 Å². The number of hydrogen-bond donors (Lipinski definition) is 1. The molecule has 4 aromatic rings. The molecule has 3 aromatic carbocycles. The van der Waals surface area contributed by atoms with Crippen LogP contribution in [0.3, 0.4) is 0 Å². The lowest BCUT2D eigenvalue weighted by molar-refractivity contribution is -0.121. The number of benzene rings is 3. The predicted octanol–water partition coefficient (Wildman–Crippen LogP) is 6.06. The number of hydrogen-bond acceptors (Lipinski definition) is 3. The standard InChI is InChI=1S/C25H20Cl2N4O/c26-21-12-11-20(22(27)15-21)16-29-30-23(32)13-14-31-17-28-24(18-7-3-1-4-8-18)25(31)19-9-5-2-6-10-19/h1-12,15-17H,13-14H2,(H,30,32)/b29-16+. The molecule has 0 radical (unpaired) electrons. The fourth-order valence-electron chi connectivity index (χ4n) is 3.32. The largest absolute Gasteiger partial charge is 0.330 e. The summed E-state index contributed by atoms with van der Waals surface area (Å²) >= 11 is 12.0. The first-order chi connectivity index (χ1) is 15.6. The van der Waals surface area contributed by atoms with Gasteiger partial charge in [-0.3, -0.25) is 4.79 Å². The van der Waals surface area contributed by atoms with Gasteiger partial charge in [0.15, 0.2) is 0 Å². The summed E-state index contributed by atoms with van der Waals surface area (Å²) in [6.07, 6.45) is 3.52. The normalized spacial score (nSPS) is 11.1. The topological polar surface area (TPSA) is 59.3 Å². The van der Waals surface area contributed by atoms with Crippen LogP contribution in [0.15, 0.2) is 90.3 Å². The third-order valence-corrected chi connectivity index (χ3v) is 5.43. The molecule has 0 unspecified atom stereocenters. The van der Waals surface area contributed by atoms with Gasteiger partial charge in [-0.25, -0.2) is 10.4 Å². The molecule has 0 spiro atoms. The first-order valence-electron chi connectivity index (χ1n) is 10.0. The van der Waals surface area contributed by atoms with Crippen LogP contribution < -0.4 is 5.43 Å². The number of nitrogens with zero attached hydrogens (tertiary/aromatic N) is 3. The van der Waals surface area contributed by atoms with Crippen molar-refractivity contribution in [2.45, 2.75) is 13.0 Å². The van der Waals surface area contributed by atoms with Crippen molar-refractivity contribution < 1.29 is 4.79 Å². The molecule has 160 valence electrons. The minimum atomic E-state index is -0.208. The van der Waals surface area contributed by atoms with Gasteiger partial charge in [0.25, 0.3) is 0 Å². The Bertz CT molecular complexity index is 1240. The Morgan fingerprint density at radius 3 is 2.34 bits per heavy atom. The van der Waals surface area contributed by atoms with Crippen LogP contribution in [0.4, 0.5) is 0 Å². The highest BCUT2D eigenvalue weighted by Crippen LogP contribution is 2.31. The van der Waals surface area contributed by atoms with Crippen LogP contribution in [0.5, 0.6) is 0 Å². The second-order valence-corrected chi connectivity index (χ2v) is 7.92. The van der Waals surface area contributed by atoms with Crippen molar-refractivity contribution in [3.8, 4) is 22.5 Å². The molecule has 0 aliphatic carbocycles. The van der Waals surface area contributed by atoms with E-state index in [4.69, 9.17) is 23.2 Å². The van der Waals surface area contributed by atoms with E-state index in [0.717, 1.165) is 22.5 Å². The lowest BCUT2D eigenvalue weighted by Crippen LogP contribution is -2.19. The molecule has 1 amide bonds. The lowest BCUT2D eigenvalue weighted by Gasteiger charge is -2.10. The quantitative estimate of drug-likeness (QED) is 0.267. The second-order valence-electron chi connectivity index (χ2n) is 7.08. The molecule has 1 aromatic heterocycles. The zero-order valence-corrected chi connectivity index (χ0v) is 18.6. The third-order valence-electron chi connectivity index (χ3n) is 4.87. The highest BCUT2D eigenvalue weighted by atomic mass is 35.5. The number of nitrogens with one attached hydrogen (secondary N) is 1. The number of carbonyl (C=O) groups is 1. The summed E-state index contributed by atoms with van der Waals surface area (Å²) in [4.78, 5) is 17.0. The fourth-order valence-corrected chi connectivity index (χ4v) is 3.77. The lowest BCUT2D eigenvalue weighted by atomic mass is 10.0. The van der Waals surface area contributed by atoms with Gasteiger partial charge in [-0.2, -0.15) is 5.10 Å². The van der Waals surface area contributed by atoms with Crippen molar-refractivity contribution in [2.24, 2.45) is 5.10 Å². The second kappa shape index (κ2) is 10.3. The maximum atomic E-state index is 12.4. The monoisotopic (exact) mass is 462 g/mol. The predicted molar refractivity (Wildman–Crippen MR) is 130 cm³/mol. The number of hydrazone groups is 1.